The molecule has 138 valence electrons. The minimum atomic E-state index is 0.170. The first kappa shape index (κ1) is 18.6. The van der Waals surface area contributed by atoms with E-state index in [1.54, 1.807) is 36.4 Å². The largest absolute Gasteiger partial charge is 0.508 e. The van der Waals surface area contributed by atoms with Crippen molar-refractivity contribution in [1.82, 2.24) is 0 Å². The van der Waals surface area contributed by atoms with E-state index in [0.717, 1.165) is 17.5 Å². The maximum atomic E-state index is 9.59. The van der Waals surface area contributed by atoms with Crippen LogP contribution in [-0.4, -0.2) is 15.3 Å². The summed E-state index contributed by atoms with van der Waals surface area (Å²) < 4.78 is 0. The van der Waals surface area contributed by atoms with E-state index in [2.05, 4.69) is 19.1 Å². The van der Waals surface area contributed by atoms with Gasteiger partial charge < -0.3 is 15.3 Å². The number of rotatable bonds is 6. The number of hydrogen-bond acceptors (Lipinski definition) is 3. The van der Waals surface area contributed by atoms with Crippen molar-refractivity contribution in [3.05, 3.63) is 95.6 Å². The van der Waals surface area contributed by atoms with Crippen LogP contribution in [0.5, 0.6) is 17.2 Å². The monoisotopic (exact) mass is 360 g/mol. The number of hydrogen-bond donors (Lipinski definition) is 3. The van der Waals surface area contributed by atoms with Crippen molar-refractivity contribution in [3.8, 4) is 17.2 Å². The van der Waals surface area contributed by atoms with Gasteiger partial charge >= 0.3 is 0 Å². The van der Waals surface area contributed by atoms with E-state index < -0.39 is 0 Å². The van der Waals surface area contributed by atoms with Crippen LogP contribution in [0.2, 0.25) is 0 Å². The molecule has 0 aromatic heterocycles. The van der Waals surface area contributed by atoms with Crippen molar-refractivity contribution < 1.29 is 15.3 Å². The third-order valence-electron chi connectivity index (χ3n) is 4.80. The molecule has 0 spiro atoms. The van der Waals surface area contributed by atoms with E-state index in [4.69, 9.17) is 0 Å². The molecule has 0 saturated heterocycles. The van der Waals surface area contributed by atoms with Crippen molar-refractivity contribution in [2.75, 3.05) is 0 Å². The summed E-state index contributed by atoms with van der Waals surface area (Å²) in [6, 6.07) is 21.8. The molecule has 0 radical (unpaired) electrons. The van der Waals surface area contributed by atoms with Gasteiger partial charge in [0, 0.05) is 5.92 Å². The quantitative estimate of drug-likeness (QED) is 0.521. The van der Waals surface area contributed by atoms with Gasteiger partial charge in [0.05, 0.1) is 0 Å². The fraction of sp³-hybridized carbons (Fsp3) is 0.167. The first-order valence-electron chi connectivity index (χ1n) is 9.06. The van der Waals surface area contributed by atoms with E-state index in [1.807, 2.05) is 36.4 Å². The molecule has 0 heterocycles. The zero-order valence-electron chi connectivity index (χ0n) is 15.3. The number of allylic oxidation sites excluding steroid dienone is 1. The second-order valence-electron chi connectivity index (χ2n) is 6.88. The van der Waals surface area contributed by atoms with Gasteiger partial charge in [-0.05, 0) is 65.4 Å². The molecular weight excluding hydrogens is 336 g/mol. The fourth-order valence-electron chi connectivity index (χ4n) is 3.18. The molecule has 0 aliphatic rings. The number of aromatic hydroxyl groups is 3. The highest BCUT2D eigenvalue weighted by atomic mass is 16.3. The topological polar surface area (TPSA) is 60.7 Å². The SMILES string of the molecule is CC(CC(/C=C/c1ccc(O)cc1)c1ccc(O)cc1)c1ccc(O)cc1. The van der Waals surface area contributed by atoms with Crippen molar-refractivity contribution in [2.24, 2.45) is 0 Å². The molecule has 3 aromatic carbocycles. The fourth-order valence-corrected chi connectivity index (χ4v) is 3.18. The van der Waals surface area contributed by atoms with Crippen molar-refractivity contribution >= 4 is 6.08 Å². The van der Waals surface area contributed by atoms with Crippen LogP contribution in [0, 0.1) is 0 Å². The molecular formula is C24H24O3. The molecule has 2 atom stereocenters. The van der Waals surface area contributed by atoms with E-state index in [-0.39, 0.29) is 23.2 Å². The lowest BCUT2D eigenvalue weighted by Crippen LogP contribution is -2.02. The predicted molar refractivity (Wildman–Crippen MR) is 109 cm³/mol. The Morgan fingerprint density at radius 2 is 1.11 bits per heavy atom. The maximum absolute atomic E-state index is 9.59. The molecule has 0 saturated carbocycles. The third-order valence-corrected chi connectivity index (χ3v) is 4.80. The van der Waals surface area contributed by atoms with Gasteiger partial charge in [0.2, 0.25) is 0 Å². The first-order valence-corrected chi connectivity index (χ1v) is 9.06. The van der Waals surface area contributed by atoms with Gasteiger partial charge in [-0.3, -0.25) is 0 Å². The molecule has 3 heteroatoms. The highest BCUT2D eigenvalue weighted by Gasteiger charge is 2.15. The Balaban J connectivity index is 1.83. The summed E-state index contributed by atoms with van der Waals surface area (Å²) in [5, 5.41) is 28.5. The standard InChI is InChI=1S/C24H24O3/c1-17(19-6-12-23(26)13-7-19)16-21(20-8-14-24(27)15-9-20)5-2-18-3-10-22(25)11-4-18/h2-15,17,21,25-27H,16H2,1H3/b5-2+. The number of phenolic OH excluding ortho intramolecular Hbond substituents is 3. The van der Waals surface area contributed by atoms with Crippen molar-refractivity contribution in [3.63, 3.8) is 0 Å². The van der Waals surface area contributed by atoms with Gasteiger partial charge in [-0.15, -0.1) is 0 Å². The molecule has 27 heavy (non-hydrogen) atoms. The molecule has 3 N–H and O–H groups in total. The van der Waals surface area contributed by atoms with Gasteiger partial charge in [-0.25, -0.2) is 0 Å². The molecule has 3 aromatic rings. The lowest BCUT2D eigenvalue weighted by Gasteiger charge is -2.19. The smallest absolute Gasteiger partial charge is 0.115 e. The Hall–Kier alpha value is -3.20. The van der Waals surface area contributed by atoms with Crippen LogP contribution >= 0.6 is 0 Å². The molecule has 0 aliphatic carbocycles. The van der Waals surface area contributed by atoms with Crippen LogP contribution in [0.15, 0.2) is 78.9 Å². The minimum Gasteiger partial charge on any atom is -0.508 e. The van der Waals surface area contributed by atoms with Gasteiger partial charge in [-0.1, -0.05) is 55.5 Å². The highest BCUT2D eigenvalue weighted by molar-refractivity contribution is 5.52. The minimum absolute atomic E-state index is 0.170. The van der Waals surface area contributed by atoms with Crippen LogP contribution < -0.4 is 0 Å². The van der Waals surface area contributed by atoms with E-state index in [9.17, 15) is 15.3 Å². The molecule has 0 aliphatic heterocycles. The van der Waals surface area contributed by atoms with Crippen LogP contribution in [0.4, 0.5) is 0 Å². The van der Waals surface area contributed by atoms with Crippen LogP contribution in [0.1, 0.15) is 41.9 Å². The molecule has 3 rings (SSSR count). The van der Waals surface area contributed by atoms with Crippen LogP contribution in [-0.2, 0) is 0 Å². The normalized spacial score (nSPS) is 13.5. The van der Waals surface area contributed by atoms with E-state index in [0.29, 0.717) is 5.92 Å². The van der Waals surface area contributed by atoms with E-state index in [1.165, 1.54) is 5.56 Å². The van der Waals surface area contributed by atoms with Gasteiger partial charge in [0.1, 0.15) is 17.2 Å². The van der Waals surface area contributed by atoms with Gasteiger partial charge in [0.15, 0.2) is 0 Å². The van der Waals surface area contributed by atoms with Crippen LogP contribution in [0.3, 0.4) is 0 Å². The Morgan fingerprint density at radius 3 is 1.63 bits per heavy atom. The highest BCUT2D eigenvalue weighted by Crippen LogP contribution is 2.32. The molecule has 0 amide bonds. The summed E-state index contributed by atoms with van der Waals surface area (Å²) in [5.41, 5.74) is 3.33. The summed E-state index contributed by atoms with van der Waals surface area (Å²) in [7, 11) is 0. The Morgan fingerprint density at radius 1 is 0.667 bits per heavy atom. The Labute approximate surface area is 159 Å². The van der Waals surface area contributed by atoms with Gasteiger partial charge in [0.25, 0.3) is 0 Å². The second-order valence-corrected chi connectivity index (χ2v) is 6.88. The summed E-state index contributed by atoms with van der Waals surface area (Å²) in [6.07, 6.45) is 5.11. The van der Waals surface area contributed by atoms with Crippen molar-refractivity contribution in [2.45, 2.75) is 25.2 Å². The molecule has 0 bridgehead atoms. The molecule has 2 unspecified atom stereocenters. The average Bonchev–Trinajstić information content (AvgIpc) is 2.67. The van der Waals surface area contributed by atoms with Crippen molar-refractivity contribution in [1.29, 1.82) is 0 Å². The first-order chi connectivity index (χ1) is 13.0. The van der Waals surface area contributed by atoms with Crippen LogP contribution in [0.25, 0.3) is 6.08 Å². The lowest BCUT2D eigenvalue weighted by atomic mass is 9.85. The van der Waals surface area contributed by atoms with Gasteiger partial charge in [-0.2, -0.15) is 0 Å². The average molecular weight is 360 g/mol. The third kappa shape index (κ3) is 5.14. The molecule has 3 nitrogen and oxygen atoms in total. The molecule has 0 fully saturated rings. The zero-order valence-corrected chi connectivity index (χ0v) is 15.3. The summed E-state index contributed by atoms with van der Waals surface area (Å²) >= 11 is 0. The van der Waals surface area contributed by atoms with E-state index >= 15 is 0 Å². The lowest BCUT2D eigenvalue weighted by molar-refractivity contribution is 0.474. The Bertz CT molecular complexity index is 878. The summed E-state index contributed by atoms with van der Waals surface area (Å²) in [4.78, 5) is 0. The zero-order chi connectivity index (χ0) is 19.2. The maximum Gasteiger partial charge on any atom is 0.115 e. The Kier molecular flexibility index (Phi) is 5.82. The predicted octanol–water partition coefficient (Wildman–Crippen LogP) is 5.79. The summed E-state index contributed by atoms with van der Waals surface area (Å²) in [5.74, 6) is 1.25. The number of phenols is 3. The second kappa shape index (κ2) is 8.45. The summed E-state index contributed by atoms with van der Waals surface area (Å²) in [6.45, 7) is 2.17. The number of benzene rings is 3.